The Morgan fingerprint density at radius 1 is 1.27 bits per heavy atom. The molecule has 2 aromatic rings. The predicted molar refractivity (Wildman–Crippen MR) is 84.1 cm³/mol. The number of carbonyl (C=O) groups excluding carboxylic acids is 1. The van der Waals surface area contributed by atoms with Crippen LogP contribution >= 0.6 is 11.3 Å². The highest BCUT2D eigenvalue weighted by Crippen LogP contribution is 2.64. The van der Waals surface area contributed by atoms with Crippen LogP contribution < -0.4 is 5.32 Å². The van der Waals surface area contributed by atoms with Crippen LogP contribution in [0.5, 0.6) is 0 Å². The summed E-state index contributed by atoms with van der Waals surface area (Å²) >= 11 is 1.56. The van der Waals surface area contributed by atoms with E-state index in [1.54, 1.807) is 17.4 Å². The lowest BCUT2D eigenvalue weighted by Crippen LogP contribution is -2.48. The number of hydrogen-bond acceptors (Lipinski definition) is 3. The Labute approximate surface area is 131 Å². The lowest BCUT2D eigenvalue weighted by Gasteiger charge is -2.27. The summed E-state index contributed by atoms with van der Waals surface area (Å²) in [5.41, 5.74) is 0.0720. The summed E-state index contributed by atoms with van der Waals surface area (Å²) in [6.45, 7) is 0. The number of nitrogens with one attached hydrogen (secondary N) is 2. The topological polar surface area (TPSA) is 82.2 Å². The molecule has 2 fully saturated rings. The molecule has 2 aromatic heterocycles. The van der Waals surface area contributed by atoms with E-state index >= 15 is 0 Å². The van der Waals surface area contributed by atoms with Gasteiger partial charge in [-0.05, 0) is 36.8 Å². The number of carboxylic acid groups (broad SMARTS) is 1. The largest absolute Gasteiger partial charge is 0.479 e. The third kappa shape index (κ3) is 1.83. The molecule has 1 amide bonds. The molecular formula is C16H18N2O3S. The molecule has 1 atom stereocenters. The van der Waals surface area contributed by atoms with E-state index in [0.717, 1.165) is 42.3 Å². The van der Waals surface area contributed by atoms with E-state index in [0.29, 0.717) is 12.1 Å². The second kappa shape index (κ2) is 4.59. The van der Waals surface area contributed by atoms with Crippen LogP contribution in [0.25, 0.3) is 10.2 Å². The first kappa shape index (κ1) is 13.8. The van der Waals surface area contributed by atoms with Crippen molar-refractivity contribution in [3.63, 3.8) is 0 Å². The minimum atomic E-state index is -1.07. The van der Waals surface area contributed by atoms with E-state index in [9.17, 15) is 14.7 Å². The molecule has 0 aromatic carbocycles. The maximum Gasteiger partial charge on any atom is 0.330 e. The fraction of sp³-hybridized carbons (Fsp3) is 0.500. The molecule has 3 N–H and O–H groups in total. The third-order valence-electron chi connectivity index (χ3n) is 5.37. The SMILES string of the molecule is O=C(NC1(C(=O)O)CC12CCCCC2)c1cc2sccc2[nH]1. The molecule has 2 aliphatic rings. The van der Waals surface area contributed by atoms with Gasteiger partial charge < -0.3 is 15.4 Å². The zero-order valence-corrected chi connectivity index (χ0v) is 13.0. The standard InChI is InChI=1S/C16H18N2O3S/c19-13(11-8-12-10(17-11)4-7-22-12)18-16(14(20)21)9-15(16)5-2-1-3-6-15/h4,7-8,17H,1-3,5-6,9H2,(H,18,19)(H,20,21). The Morgan fingerprint density at radius 3 is 2.73 bits per heavy atom. The van der Waals surface area contributed by atoms with Crippen molar-refractivity contribution in [2.24, 2.45) is 5.41 Å². The second-order valence-corrected chi connectivity index (χ2v) is 7.51. The third-order valence-corrected chi connectivity index (χ3v) is 6.23. The van der Waals surface area contributed by atoms with Crippen molar-refractivity contribution in [2.45, 2.75) is 44.1 Å². The van der Waals surface area contributed by atoms with Gasteiger partial charge in [0.25, 0.3) is 5.91 Å². The molecule has 2 saturated carbocycles. The lowest BCUT2D eigenvalue weighted by atomic mass is 9.82. The van der Waals surface area contributed by atoms with Gasteiger partial charge in [0.1, 0.15) is 11.2 Å². The fourth-order valence-electron chi connectivity index (χ4n) is 4.06. The summed E-state index contributed by atoms with van der Waals surface area (Å²) in [7, 11) is 0. The normalized spacial score (nSPS) is 26.2. The van der Waals surface area contributed by atoms with Gasteiger partial charge in [0.15, 0.2) is 0 Å². The molecule has 2 heterocycles. The summed E-state index contributed by atoms with van der Waals surface area (Å²) in [6, 6.07) is 3.71. The highest BCUT2D eigenvalue weighted by Gasteiger charge is 2.72. The van der Waals surface area contributed by atoms with Crippen LogP contribution in [0.1, 0.15) is 49.0 Å². The number of hydrogen-bond donors (Lipinski definition) is 3. The van der Waals surface area contributed by atoms with Gasteiger partial charge in [0.2, 0.25) is 0 Å². The van der Waals surface area contributed by atoms with Crippen molar-refractivity contribution in [1.82, 2.24) is 10.3 Å². The number of amides is 1. The van der Waals surface area contributed by atoms with Crippen molar-refractivity contribution in [2.75, 3.05) is 0 Å². The van der Waals surface area contributed by atoms with Crippen molar-refractivity contribution < 1.29 is 14.7 Å². The van der Waals surface area contributed by atoms with Crippen LogP contribution in [-0.2, 0) is 4.79 Å². The number of aromatic nitrogens is 1. The zero-order valence-electron chi connectivity index (χ0n) is 12.1. The Morgan fingerprint density at radius 2 is 2.05 bits per heavy atom. The number of fused-ring (bicyclic) bond motifs is 1. The first-order chi connectivity index (χ1) is 10.6. The van der Waals surface area contributed by atoms with E-state index < -0.39 is 11.5 Å². The summed E-state index contributed by atoms with van der Waals surface area (Å²) in [4.78, 5) is 27.4. The molecule has 0 radical (unpaired) electrons. The average molecular weight is 318 g/mol. The maximum atomic E-state index is 12.5. The van der Waals surface area contributed by atoms with Crippen molar-refractivity contribution in [1.29, 1.82) is 0 Å². The first-order valence-electron chi connectivity index (χ1n) is 7.69. The second-order valence-electron chi connectivity index (χ2n) is 6.56. The van der Waals surface area contributed by atoms with E-state index in [2.05, 4.69) is 10.3 Å². The van der Waals surface area contributed by atoms with Gasteiger partial charge in [-0.3, -0.25) is 4.79 Å². The predicted octanol–water partition coefficient (Wildman–Crippen LogP) is 3.14. The van der Waals surface area contributed by atoms with Crippen LogP contribution in [0.2, 0.25) is 0 Å². The van der Waals surface area contributed by atoms with E-state index in [1.165, 1.54) is 0 Å². The Balaban J connectivity index is 1.59. The molecule has 0 bridgehead atoms. The first-order valence-corrected chi connectivity index (χ1v) is 8.56. The van der Waals surface area contributed by atoms with E-state index in [4.69, 9.17) is 0 Å². The van der Waals surface area contributed by atoms with Gasteiger partial charge >= 0.3 is 5.97 Å². The molecule has 5 nitrogen and oxygen atoms in total. The summed E-state index contributed by atoms with van der Waals surface area (Å²) in [5, 5.41) is 14.5. The van der Waals surface area contributed by atoms with Gasteiger partial charge in [-0.25, -0.2) is 4.79 Å². The monoisotopic (exact) mass is 318 g/mol. The van der Waals surface area contributed by atoms with Crippen molar-refractivity contribution >= 4 is 33.4 Å². The highest BCUT2D eigenvalue weighted by molar-refractivity contribution is 7.17. The van der Waals surface area contributed by atoms with Crippen LogP contribution in [0.15, 0.2) is 17.5 Å². The lowest BCUT2D eigenvalue weighted by molar-refractivity contribution is -0.142. The zero-order chi connectivity index (χ0) is 15.4. The summed E-state index contributed by atoms with van der Waals surface area (Å²) < 4.78 is 1.01. The molecular weight excluding hydrogens is 300 g/mol. The molecule has 1 spiro atoms. The van der Waals surface area contributed by atoms with Crippen molar-refractivity contribution in [3.8, 4) is 0 Å². The highest BCUT2D eigenvalue weighted by atomic mass is 32.1. The molecule has 6 heteroatoms. The van der Waals surface area contributed by atoms with Gasteiger partial charge in [0, 0.05) is 5.41 Å². The van der Waals surface area contributed by atoms with Crippen LogP contribution in [0.4, 0.5) is 0 Å². The fourth-order valence-corrected chi connectivity index (χ4v) is 4.84. The summed E-state index contributed by atoms with van der Waals surface area (Å²) in [5.74, 6) is -1.20. The minimum Gasteiger partial charge on any atom is -0.479 e. The van der Waals surface area contributed by atoms with Gasteiger partial charge in [-0.1, -0.05) is 19.3 Å². The van der Waals surface area contributed by atoms with Crippen LogP contribution in [0.3, 0.4) is 0 Å². The smallest absolute Gasteiger partial charge is 0.330 e. The average Bonchev–Trinajstić information content (AvgIpc) is 2.82. The quantitative estimate of drug-likeness (QED) is 0.813. The molecule has 2 aliphatic carbocycles. The number of carboxylic acids is 1. The Kier molecular flexibility index (Phi) is 2.88. The van der Waals surface area contributed by atoms with Crippen LogP contribution in [-0.4, -0.2) is 27.5 Å². The number of aromatic amines is 1. The Hall–Kier alpha value is -1.82. The number of carbonyl (C=O) groups is 2. The molecule has 116 valence electrons. The Bertz CT molecular complexity index is 728. The van der Waals surface area contributed by atoms with Gasteiger partial charge in [-0.15, -0.1) is 11.3 Å². The molecule has 0 aliphatic heterocycles. The molecule has 1 unspecified atom stereocenters. The van der Waals surface area contributed by atoms with E-state index in [1.807, 2.05) is 11.4 Å². The number of aliphatic carboxylic acids is 1. The maximum absolute atomic E-state index is 12.5. The molecule has 4 rings (SSSR count). The summed E-state index contributed by atoms with van der Waals surface area (Å²) in [6.07, 6.45) is 5.65. The molecule has 0 saturated heterocycles. The van der Waals surface area contributed by atoms with E-state index in [-0.39, 0.29) is 11.3 Å². The van der Waals surface area contributed by atoms with Gasteiger partial charge in [0.05, 0.1) is 10.2 Å². The number of thiophene rings is 1. The number of H-pyrrole nitrogens is 1. The molecule has 22 heavy (non-hydrogen) atoms. The minimum absolute atomic E-state index is 0.225. The van der Waals surface area contributed by atoms with Gasteiger partial charge in [-0.2, -0.15) is 0 Å². The number of rotatable bonds is 3. The van der Waals surface area contributed by atoms with Crippen LogP contribution in [0, 0.1) is 5.41 Å². The van der Waals surface area contributed by atoms with Crippen molar-refractivity contribution in [3.05, 3.63) is 23.2 Å².